The standard InChI is InChI=1S/C22H19N3O3S/c1-13-7-9-14(10-8-13)17(26)12-29-22-19(20(24)27)18(15-5-3-2-4-6-15)16(11-23)21(28)25-22/h2-10,16,18H,12H2,1H3,(H2,24,27)(H,25,28)/t16-,18+/m0/s1. The first kappa shape index (κ1) is 20.4. The molecule has 0 unspecified atom stereocenters. The summed E-state index contributed by atoms with van der Waals surface area (Å²) in [5.74, 6) is -3.24. The van der Waals surface area contributed by atoms with E-state index in [0.29, 0.717) is 11.1 Å². The number of nitrogens with one attached hydrogen (secondary N) is 1. The summed E-state index contributed by atoms with van der Waals surface area (Å²) in [7, 11) is 0. The van der Waals surface area contributed by atoms with Crippen LogP contribution in [0.2, 0.25) is 0 Å². The molecule has 0 aromatic heterocycles. The van der Waals surface area contributed by atoms with E-state index in [1.165, 1.54) is 0 Å². The van der Waals surface area contributed by atoms with Crippen LogP contribution in [-0.4, -0.2) is 23.4 Å². The second-order valence-electron chi connectivity index (χ2n) is 6.67. The SMILES string of the molecule is Cc1ccc(C(=O)CSC2=C(C(N)=O)[C@H](c3ccccc3)[C@H](C#N)C(=O)N2)cc1. The van der Waals surface area contributed by atoms with Crippen molar-refractivity contribution in [3.05, 3.63) is 81.9 Å². The summed E-state index contributed by atoms with van der Waals surface area (Å²) in [4.78, 5) is 37.3. The van der Waals surface area contributed by atoms with Crippen LogP contribution >= 0.6 is 11.8 Å². The van der Waals surface area contributed by atoms with Crippen LogP contribution in [0, 0.1) is 24.2 Å². The van der Waals surface area contributed by atoms with Gasteiger partial charge in [0.05, 0.1) is 22.4 Å². The quantitative estimate of drug-likeness (QED) is 0.718. The monoisotopic (exact) mass is 405 g/mol. The van der Waals surface area contributed by atoms with Gasteiger partial charge in [0.1, 0.15) is 5.92 Å². The van der Waals surface area contributed by atoms with Crippen molar-refractivity contribution < 1.29 is 14.4 Å². The largest absolute Gasteiger partial charge is 0.366 e. The molecule has 0 fully saturated rings. The zero-order chi connectivity index (χ0) is 21.0. The Bertz CT molecular complexity index is 1020. The summed E-state index contributed by atoms with van der Waals surface area (Å²) in [6.07, 6.45) is 0. The topological polar surface area (TPSA) is 113 Å². The van der Waals surface area contributed by atoms with Crippen LogP contribution in [0.25, 0.3) is 0 Å². The predicted molar refractivity (Wildman–Crippen MR) is 111 cm³/mol. The molecule has 1 aliphatic heterocycles. The number of thioether (sulfide) groups is 1. The first-order chi connectivity index (χ1) is 13.9. The molecule has 1 heterocycles. The molecule has 0 aliphatic carbocycles. The third kappa shape index (κ3) is 4.39. The van der Waals surface area contributed by atoms with E-state index in [1.54, 1.807) is 42.5 Å². The summed E-state index contributed by atoms with van der Waals surface area (Å²) in [5.41, 5.74) is 8.00. The molecule has 1 aliphatic rings. The fourth-order valence-electron chi connectivity index (χ4n) is 3.21. The number of hydrogen-bond acceptors (Lipinski definition) is 5. The number of nitrogens with zero attached hydrogens (tertiary/aromatic N) is 1. The van der Waals surface area contributed by atoms with E-state index in [-0.39, 0.29) is 22.1 Å². The highest BCUT2D eigenvalue weighted by atomic mass is 32.2. The Hall–Kier alpha value is -3.37. The molecule has 2 aromatic carbocycles. The number of nitriles is 1. The smallest absolute Gasteiger partial charge is 0.247 e. The van der Waals surface area contributed by atoms with Crippen molar-refractivity contribution in [2.24, 2.45) is 11.7 Å². The number of primary amides is 1. The number of benzene rings is 2. The molecule has 0 spiro atoms. The highest BCUT2D eigenvalue weighted by Gasteiger charge is 2.41. The van der Waals surface area contributed by atoms with E-state index in [1.807, 2.05) is 25.1 Å². The molecular weight excluding hydrogens is 386 g/mol. The maximum Gasteiger partial charge on any atom is 0.247 e. The van der Waals surface area contributed by atoms with Gasteiger partial charge in [-0.25, -0.2) is 0 Å². The van der Waals surface area contributed by atoms with Gasteiger partial charge in [-0.3, -0.25) is 14.4 Å². The Kier molecular flexibility index (Phi) is 6.15. The van der Waals surface area contributed by atoms with Gasteiger partial charge < -0.3 is 11.1 Å². The van der Waals surface area contributed by atoms with E-state index in [2.05, 4.69) is 5.32 Å². The summed E-state index contributed by atoms with van der Waals surface area (Å²) in [5, 5.41) is 12.3. The van der Waals surface area contributed by atoms with E-state index in [9.17, 15) is 19.6 Å². The van der Waals surface area contributed by atoms with E-state index < -0.39 is 23.7 Å². The van der Waals surface area contributed by atoms with Crippen LogP contribution in [0.1, 0.15) is 27.4 Å². The van der Waals surface area contributed by atoms with Gasteiger partial charge in [-0.2, -0.15) is 5.26 Å². The molecule has 0 radical (unpaired) electrons. The van der Waals surface area contributed by atoms with Gasteiger partial charge in [-0.05, 0) is 12.5 Å². The molecule has 0 bridgehead atoms. The summed E-state index contributed by atoms with van der Waals surface area (Å²) in [6.45, 7) is 1.93. The van der Waals surface area contributed by atoms with Crippen molar-refractivity contribution >= 4 is 29.4 Å². The number of ketones is 1. The second kappa shape index (κ2) is 8.76. The van der Waals surface area contributed by atoms with Crippen molar-refractivity contribution in [1.29, 1.82) is 5.26 Å². The van der Waals surface area contributed by atoms with Crippen LogP contribution in [0.3, 0.4) is 0 Å². The van der Waals surface area contributed by atoms with Gasteiger partial charge in [0.2, 0.25) is 11.8 Å². The number of hydrogen-bond donors (Lipinski definition) is 2. The minimum absolute atomic E-state index is 0.0220. The van der Waals surface area contributed by atoms with E-state index >= 15 is 0 Å². The highest BCUT2D eigenvalue weighted by Crippen LogP contribution is 2.39. The van der Waals surface area contributed by atoms with Crippen LogP contribution in [0.4, 0.5) is 0 Å². The summed E-state index contributed by atoms with van der Waals surface area (Å²) in [6, 6.07) is 18.0. The molecule has 2 amide bonds. The van der Waals surface area contributed by atoms with Crippen molar-refractivity contribution in [3.8, 4) is 6.07 Å². The minimum atomic E-state index is -1.09. The number of aryl methyl sites for hydroxylation is 1. The lowest BCUT2D eigenvalue weighted by Gasteiger charge is -2.30. The Morgan fingerprint density at radius 1 is 1.14 bits per heavy atom. The summed E-state index contributed by atoms with van der Waals surface area (Å²) < 4.78 is 0. The van der Waals surface area contributed by atoms with Gasteiger partial charge in [-0.1, -0.05) is 71.9 Å². The minimum Gasteiger partial charge on any atom is -0.366 e. The van der Waals surface area contributed by atoms with Crippen molar-refractivity contribution in [2.45, 2.75) is 12.8 Å². The molecule has 7 heteroatoms. The lowest BCUT2D eigenvalue weighted by Crippen LogP contribution is -2.42. The third-order valence-electron chi connectivity index (χ3n) is 4.69. The number of rotatable bonds is 6. The van der Waals surface area contributed by atoms with Crippen LogP contribution in [0.15, 0.2) is 65.2 Å². The Morgan fingerprint density at radius 3 is 2.38 bits per heavy atom. The number of carbonyl (C=O) groups excluding carboxylic acids is 3. The third-order valence-corrected chi connectivity index (χ3v) is 5.71. The molecule has 2 aromatic rings. The van der Waals surface area contributed by atoms with Crippen LogP contribution < -0.4 is 11.1 Å². The average molecular weight is 405 g/mol. The average Bonchev–Trinajstić information content (AvgIpc) is 2.72. The lowest BCUT2D eigenvalue weighted by atomic mass is 9.78. The van der Waals surface area contributed by atoms with Gasteiger partial charge in [0.15, 0.2) is 5.78 Å². The molecule has 29 heavy (non-hydrogen) atoms. The van der Waals surface area contributed by atoms with Gasteiger partial charge in [0.25, 0.3) is 0 Å². The highest BCUT2D eigenvalue weighted by molar-refractivity contribution is 8.03. The normalized spacial score (nSPS) is 18.7. The molecule has 2 atom stereocenters. The maximum absolute atomic E-state index is 12.5. The zero-order valence-corrected chi connectivity index (χ0v) is 16.5. The number of nitrogens with two attached hydrogens (primary N) is 1. The number of Topliss-reactive ketones (excluding diaryl/α,β-unsaturated/α-hetero) is 1. The predicted octanol–water partition coefficient (Wildman–Crippen LogP) is 2.66. The molecule has 0 saturated carbocycles. The Labute approximate surface area is 172 Å². The van der Waals surface area contributed by atoms with Gasteiger partial charge in [-0.15, -0.1) is 0 Å². The molecule has 0 saturated heterocycles. The zero-order valence-electron chi connectivity index (χ0n) is 15.7. The van der Waals surface area contributed by atoms with Crippen LogP contribution in [0.5, 0.6) is 0 Å². The molecule has 146 valence electrons. The van der Waals surface area contributed by atoms with Gasteiger partial charge >= 0.3 is 0 Å². The molecule has 6 nitrogen and oxygen atoms in total. The first-order valence-corrected chi connectivity index (χ1v) is 9.93. The second-order valence-corrected chi connectivity index (χ2v) is 7.65. The van der Waals surface area contributed by atoms with Crippen LogP contribution in [-0.2, 0) is 9.59 Å². The Morgan fingerprint density at radius 2 is 1.79 bits per heavy atom. The summed E-state index contributed by atoms with van der Waals surface area (Å²) >= 11 is 1.04. The van der Waals surface area contributed by atoms with E-state index in [0.717, 1.165) is 17.3 Å². The van der Waals surface area contributed by atoms with E-state index in [4.69, 9.17) is 5.73 Å². The number of amides is 2. The fraction of sp³-hybridized carbons (Fsp3) is 0.182. The number of carbonyl (C=O) groups is 3. The van der Waals surface area contributed by atoms with Crippen molar-refractivity contribution in [1.82, 2.24) is 5.32 Å². The van der Waals surface area contributed by atoms with Gasteiger partial charge in [0, 0.05) is 11.5 Å². The first-order valence-electron chi connectivity index (χ1n) is 8.94. The Balaban J connectivity index is 1.94. The maximum atomic E-state index is 12.5. The molecule has 3 N–H and O–H groups in total. The van der Waals surface area contributed by atoms with Crippen molar-refractivity contribution in [2.75, 3.05) is 5.75 Å². The molecule has 3 rings (SSSR count). The van der Waals surface area contributed by atoms with Crippen molar-refractivity contribution in [3.63, 3.8) is 0 Å². The molecular formula is C22H19N3O3S. The fourth-order valence-corrected chi connectivity index (χ4v) is 4.21. The lowest BCUT2D eigenvalue weighted by molar-refractivity contribution is -0.123.